The summed E-state index contributed by atoms with van der Waals surface area (Å²) < 4.78 is 0. The molecule has 3 rings (SSSR count). The Morgan fingerprint density at radius 1 is 0.870 bits per heavy atom. The van der Waals surface area contributed by atoms with Gasteiger partial charge in [-0.25, -0.2) is 0 Å². The summed E-state index contributed by atoms with van der Waals surface area (Å²) in [7, 11) is 0. The molecule has 0 aliphatic heterocycles. The molecule has 118 valence electrons. The highest BCUT2D eigenvalue weighted by Crippen LogP contribution is 2.25. The van der Waals surface area contributed by atoms with E-state index in [1.54, 1.807) is 0 Å². The average molecular weight is 304 g/mol. The van der Waals surface area contributed by atoms with Crippen LogP contribution in [-0.4, -0.2) is 4.98 Å². The smallest absolute Gasteiger partial charge is 0.0722 e. The number of benzene rings is 2. The molecule has 0 saturated heterocycles. The third-order valence-corrected chi connectivity index (χ3v) is 4.20. The molecule has 2 nitrogen and oxygen atoms in total. The molecule has 0 bridgehead atoms. The maximum Gasteiger partial charge on any atom is 0.0722 e. The van der Waals surface area contributed by atoms with Crippen LogP contribution in [0.2, 0.25) is 0 Å². The van der Waals surface area contributed by atoms with Crippen molar-refractivity contribution in [3.63, 3.8) is 0 Å². The zero-order valence-electron chi connectivity index (χ0n) is 13.8. The molecule has 1 heterocycles. The fraction of sp³-hybridized carbons (Fsp3) is 0.286. The van der Waals surface area contributed by atoms with Gasteiger partial charge in [-0.2, -0.15) is 0 Å². The zero-order valence-corrected chi connectivity index (χ0v) is 13.8. The molecular weight excluding hydrogens is 280 g/mol. The first-order valence-corrected chi connectivity index (χ1v) is 8.56. The van der Waals surface area contributed by atoms with E-state index in [9.17, 15) is 0 Å². The fourth-order valence-corrected chi connectivity index (χ4v) is 2.87. The third-order valence-electron chi connectivity index (χ3n) is 4.20. The van der Waals surface area contributed by atoms with Crippen LogP contribution < -0.4 is 5.32 Å². The molecule has 0 unspecified atom stereocenters. The molecule has 23 heavy (non-hydrogen) atoms. The SMILES string of the molecule is CCCCCCc1ccc(Nc2ccnc3ccccc23)cc1. The van der Waals surface area contributed by atoms with Crippen LogP contribution in [0.15, 0.2) is 60.8 Å². The maximum absolute atomic E-state index is 4.41. The van der Waals surface area contributed by atoms with Gasteiger partial charge in [0.15, 0.2) is 0 Å². The van der Waals surface area contributed by atoms with Crippen LogP contribution in [0.4, 0.5) is 11.4 Å². The van der Waals surface area contributed by atoms with Crippen LogP contribution in [-0.2, 0) is 6.42 Å². The number of aryl methyl sites for hydroxylation is 1. The van der Waals surface area contributed by atoms with Crippen molar-refractivity contribution in [1.82, 2.24) is 4.98 Å². The molecular formula is C21H24N2. The first-order chi connectivity index (χ1) is 11.4. The number of rotatable bonds is 7. The Bertz CT molecular complexity index is 742. The van der Waals surface area contributed by atoms with Gasteiger partial charge in [-0.05, 0) is 42.7 Å². The van der Waals surface area contributed by atoms with Crippen molar-refractivity contribution in [2.75, 3.05) is 5.32 Å². The first-order valence-electron chi connectivity index (χ1n) is 8.56. The summed E-state index contributed by atoms with van der Waals surface area (Å²) in [5, 5.41) is 4.66. The Balaban J connectivity index is 1.68. The molecule has 0 aliphatic carbocycles. The lowest BCUT2D eigenvalue weighted by Crippen LogP contribution is -1.93. The summed E-state index contributed by atoms with van der Waals surface area (Å²) in [4.78, 5) is 4.41. The fourth-order valence-electron chi connectivity index (χ4n) is 2.87. The van der Waals surface area contributed by atoms with Crippen molar-refractivity contribution in [2.45, 2.75) is 39.0 Å². The Morgan fingerprint density at radius 3 is 2.52 bits per heavy atom. The van der Waals surface area contributed by atoms with E-state index < -0.39 is 0 Å². The standard InChI is InChI=1S/C21H24N2/c1-2-3-4-5-8-17-11-13-18(14-12-17)23-21-15-16-22-20-10-7-6-9-19(20)21/h6-7,9-16H,2-5,8H2,1H3,(H,22,23). The second-order valence-corrected chi connectivity index (χ2v) is 6.01. The highest BCUT2D eigenvalue weighted by Gasteiger charge is 2.02. The molecule has 0 spiro atoms. The second-order valence-electron chi connectivity index (χ2n) is 6.01. The normalized spacial score (nSPS) is 10.8. The van der Waals surface area contributed by atoms with Gasteiger partial charge in [0.05, 0.1) is 5.52 Å². The topological polar surface area (TPSA) is 24.9 Å². The predicted molar refractivity (Wildman–Crippen MR) is 99.3 cm³/mol. The third kappa shape index (κ3) is 4.10. The van der Waals surface area contributed by atoms with E-state index in [1.165, 1.54) is 37.7 Å². The molecule has 1 N–H and O–H groups in total. The van der Waals surface area contributed by atoms with Gasteiger partial charge < -0.3 is 5.32 Å². The summed E-state index contributed by atoms with van der Waals surface area (Å²) in [6.45, 7) is 2.25. The number of nitrogens with one attached hydrogen (secondary N) is 1. The zero-order chi connectivity index (χ0) is 15.9. The van der Waals surface area contributed by atoms with Crippen molar-refractivity contribution in [3.8, 4) is 0 Å². The van der Waals surface area contributed by atoms with Crippen LogP contribution in [0.1, 0.15) is 38.2 Å². The molecule has 0 saturated carbocycles. The Kier molecular flexibility index (Phi) is 5.25. The highest BCUT2D eigenvalue weighted by molar-refractivity contribution is 5.92. The van der Waals surface area contributed by atoms with Crippen LogP contribution in [0, 0.1) is 0 Å². The molecule has 0 atom stereocenters. The van der Waals surface area contributed by atoms with Gasteiger partial charge in [-0.15, -0.1) is 0 Å². The largest absolute Gasteiger partial charge is 0.355 e. The summed E-state index contributed by atoms with van der Waals surface area (Å²) in [6, 6.07) is 19.1. The Hall–Kier alpha value is -2.35. The van der Waals surface area contributed by atoms with E-state index in [1.807, 2.05) is 24.4 Å². The van der Waals surface area contributed by atoms with Gasteiger partial charge >= 0.3 is 0 Å². The molecule has 0 aliphatic rings. The van der Waals surface area contributed by atoms with Gasteiger partial charge in [-0.1, -0.05) is 56.5 Å². The molecule has 2 heteroatoms. The summed E-state index contributed by atoms with van der Waals surface area (Å²) in [5.74, 6) is 0. The Morgan fingerprint density at radius 2 is 1.70 bits per heavy atom. The number of para-hydroxylation sites is 1. The number of fused-ring (bicyclic) bond motifs is 1. The summed E-state index contributed by atoms with van der Waals surface area (Å²) in [5.41, 5.74) is 4.67. The summed E-state index contributed by atoms with van der Waals surface area (Å²) in [6.07, 6.45) is 8.29. The van der Waals surface area contributed by atoms with Crippen LogP contribution >= 0.6 is 0 Å². The maximum atomic E-state index is 4.41. The number of nitrogens with zero attached hydrogens (tertiary/aromatic N) is 1. The first kappa shape index (κ1) is 15.5. The lowest BCUT2D eigenvalue weighted by Gasteiger charge is -2.10. The minimum Gasteiger partial charge on any atom is -0.355 e. The van der Waals surface area contributed by atoms with E-state index in [2.05, 4.69) is 53.6 Å². The van der Waals surface area contributed by atoms with E-state index in [0.29, 0.717) is 0 Å². The minimum absolute atomic E-state index is 1.02. The van der Waals surface area contributed by atoms with Crippen molar-refractivity contribution in [1.29, 1.82) is 0 Å². The molecule has 1 aromatic heterocycles. The van der Waals surface area contributed by atoms with Crippen LogP contribution in [0.25, 0.3) is 10.9 Å². The number of anilines is 2. The number of pyridine rings is 1. The van der Waals surface area contributed by atoms with Crippen molar-refractivity contribution < 1.29 is 0 Å². The lowest BCUT2D eigenvalue weighted by atomic mass is 10.1. The number of unbranched alkanes of at least 4 members (excludes halogenated alkanes) is 3. The van der Waals surface area contributed by atoms with Crippen LogP contribution in [0.3, 0.4) is 0 Å². The van der Waals surface area contributed by atoms with E-state index in [4.69, 9.17) is 0 Å². The van der Waals surface area contributed by atoms with Gasteiger partial charge in [0.2, 0.25) is 0 Å². The average Bonchev–Trinajstić information content (AvgIpc) is 2.60. The van der Waals surface area contributed by atoms with Gasteiger partial charge in [0, 0.05) is 23.0 Å². The molecule has 3 aromatic rings. The molecule has 0 fully saturated rings. The molecule has 0 amide bonds. The van der Waals surface area contributed by atoms with Gasteiger partial charge in [0.25, 0.3) is 0 Å². The van der Waals surface area contributed by atoms with E-state index in [0.717, 1.165) is 22.3 Å². The minimum atomic E-state index is 1.02. The summed E-state index contributed by atoms with van der Waals surface area (Å²) >= 11 is 0. The van der Waals surface area contributed by atoms with Crippen LogP contribution in [0.5, 0.6) is 0 Å². The molecule has 2 aromatic carbocycles. The van der Waals surface area contributed by atoms with Crippen molar-refractivity contribution in [2.24, 2.45) is 0 Å². The predicted octanol–water partition coefficient (Wildman–Crippen LogP) is 6.10. The number of hydrogen-bond acceptors (Lipinski definition) is 2. The monoisotopic (exact) mass is 304 g/mol. The van der Waals surface area contributed by atoms with E-state index in [-0.39, 0.29) is 0 Å². The number of hydrogen-bond donors (Lipinski definition) is 1. The highest BCUT2D eigenvalue weighted by atomic mass is 14.9. The molecule has 0 radical (unpaired) electrons. The second kappa shape index (κ2) is 7.77. The van der Waals surface area contributed by atoms with E-state index >= 15 is 0 Å². The lowest BCUT2D eigenvalue weighted by molar-refractivity contribution is 0.667. The van der Waals surface area contributed by atoms with Gasteiger partial charge in [-0.3, -0.25) is 4.98 Å². The number of aromatic nitrogens is 1. The quantitative estimate of drug-likeness (QED) is 0.533. The van der Waals surface area contributed by atoms with Gasteiger partial charge in [0.1, 0.15) is 0 Å². The van der Waals surface area contributed by atoms with Crippen molar-refractivity contribution >= 4 is 22.3 Å². The Labute approximate surface area is 138 Å². The van der Waals surface area contributed by atoms with Crippen molar-refractivity contribution in [3.05, 3.63) is 66.4 Å².